The van der Waals surface area contributed by atoms with E-state index in [1.54, 1.807) is 6.07 Å². The Kier molecular flexibility index (Phi) is 6.14. The van der Waals surface area contributed by atoms with E-state index >= 15 is 0 Å². The highest BCUT2D eigenvalue weighted by Crippen LogP contribution is 2.20. The van der Waals surface area contributed by atoms with E-state index in [0.29, 0.717) is 0 Å². The zero-order valence-electron chi connectivity index (χ0n) is 14.2. The van der Waals surface area contributed by atoms with Crippen molar-refractivity contribution in [3.8, 4) is 0 Å². The number of sulfonamides is 1. The number of hydrogen-bond donors (Lipinski definition) is 1. The first kappa shape index (κ1) is 18.9. The van der Waals surface area contributed by atoms with E-state index < -0.39 is 15.8 Å². The number of halogens is 1. The van der Waals surface area contributed by atoms with E-state index in [-0.39, 0.29) is 31.1 Å². The molecule has 0 bridgehead atoms. The van der Waals surface area contributed by atoms with Crippen LogP contribution in [-0.2, 0) is 21.2 Å². The van der Waals surface area contributed by atoms with Crippen molar-refractivity contribution in [2.45, 2.75) is 13.3 Å². The number of amides is 1. The summed E-state index contributed by atoms with van der Waals surface area (Å²) in [5, 5.41) is 2.67. The minimum atomic E-state index is -3.66. The summed E-state index contributed by atoms with van der Waals surface area (Å²) in [6.45, 7) is 2.01. The molecule has 0 aromatic heterocycles. The van der Waals surface area contributed by atoms with Crippen LogP contribution in [-0.4, -0.2) is 33.7 Å². The number of nitrogens with one attached hydrogen (secondary N) is 1. The molecule has 2 aromatic carbocycles. The number of rotatable bonds is 7. The third-order valence-electron chi connectivity index (χ3n) is 3.64. The van der Waals surface area contributed by atoms with Gasteiger partial charge in [-0.1, -0.05) is 42.0 Å². The van der Waals surface area contributed by atoms with Crippen molar-refractivity contribution in [2.24, 2.45) is 0 Å². The Hall–Kier alpha value is -2.41. The summed E-state index contributed by atoms with van der Waals surface area (Å²) in [4.78, 5) is 12.0. The molecule has 7 heteroatoms. The van der Waals surface area contributed by atoms with Crippen LogP contribution in [0, 0.1) is 12.7 Å². The molecule has 0 heterocycles. The molecule has 0 atom stereocenters. The minimum absolute atomic E-state index is 0.0298. The van der Waals surface area contributed by atoms with Crippen LogP contribution in [0.1, 0.15) is 11.1 Å². The summed E-state index contributed by atoms with van der Waals surface area (Å²) >= 11 is 0. The van der Waals surface area contributed by atoms with Crippen molar-refractivity contribution >= 4 is 21.6 Å². The Morgan fingerprint density at radius 2 is 1.76 bits per heavy atom. The smallest absolute Gasteiger partial charge is 0.232 e. The second-order valence-electron chi connectivity index (χ2n) is 5.80. The minimum Gasteiger partial charge on any atom is -0.354 e. The Labute approximate surface area is 147 Å². The summed E-state index contributed by atoms with van der Waals surface area (Å²) in [6, 6.07) is 13.2. The molecule has 2 aromatic rings. The predicted molar refractivity (Wildman–Crippen MR) is 96.5 cm³/mol. The number of carbonyl (C=O) groups excluding carboxylic acids is 1. The topological polar surface area (TPSA) is 66.5 Å². The van der Waals surface area contributed by atoms with Gasteiger partial charge in [-0.2, -0.15) is 0 Å². The normalized spacial score (nSPS) is 11.2. The lowest BCUT2D eigenvalue weighted by atomic mass is 10.1. The van der Waals surface area contributed by atoms with Crippen molar-refractivity contribution in [3.05, 3.63) is 65.5 Å². The van der Waals surface area contributed by atoms with Gasteiger partial charge in [0.2, 0.25) is 15.9 Å². The van der Waals surface area contributed by atoms with Gasteiger partial charge >= 0.3 is 0 Å². The average Bonchev–Trinajstić information content (AvgIpc) is 2.54. The highest BCUT2D eigenvalue weighted by molar-refractivity contribution is 7.92. The molecule has 0 spiro atoms. The quantitative estimate of drug-likeness (QED) is 0.819. The maximum absolute atomic E-state index is 13.9. The van der Waals surface area contributed by atoms with E-state index in [1.807, 2.05) is 31.2 Å². The van der Waals surface area contributed by atoms with Crippen molar-refractivity contribution in [2.75, 3.05) is 23.7 Å². The SMILES string of the molecule is Cc1ccc(CC(=O)NCCN(c2ccccc2F)S(C)(=O)=O)cc1. The van der Waals surface area contributed by atoms with Gasteiger partial charge in [-0.3, -0.25) is 9.10 Å². The lowest BCUT2D eigenvalue weighted by Crippen LogP contribution is -2.39. The van der Waals surface area contributed by atoms with Gasteiger partial charge in [0.05, 0.1) is 24.9 Å². The highest BCUT2D eigenvalue weighted by atomic mass is 32.2. The molecule has 1 N–H and O–H groups in total. The molecular formula is C18H21FN2O3S. The zero-order chi connectivity index (χ0) is 18.4. The molecule has 2 rings (SSSR count). The van der Waals surface area contributed by atoms with E-state index in [1.165, 1.54) is 18.2 Å². The maximum atomic E-state index is 13.9. The summed E-state index contributed by atoms with van der Waals surface area (Å²) in [6.07, 6.45) is 1.21. The van der Waals surface area contributed by atoms with E-state index in [9.17, 15) is 17.6 Å². The van der Waals surface area contributed by atoms with Gasteiger partial charge in [0.25, 0.3) is 0 Å². The number of hydrogen-bond acceptors (Lipinski definition) is 3. The summed E-state index contributed by atoms with van der Waals surface area (Å²) < 4.78 is 38.7. The van der Waals surface area contributed by atoms with Gasteiger partial charge in [-0.25, -0.2) is 12.8 Å². The Morgan fingerprint density at radius 3 is 2.36 bits per heavy atom. The number of aryl methyl sites for hydroxylation is 1. The molecule has 0 aliphatic heterocycles. The molecule has 25 heavy (non-hydrogen) atoms. The van der Waals surface area contributed by atoms with Crippen LogP contribution in [0.4, 0.5) is 10.1 Å². The second-order valence-corrected chi connectivity index (χ2v) is 7.71. The molecule has 0 saturated heterocycles. The molecule has 5 nitrogen and oxygen atoms in total. The lowest BCUT2D eigenvalue weighted by Gasteiger charge is -2.23. The molecule has 0 aliphatic carbocycles. The van der Waals surface area contributed by atoms with Gasteiger partial charge in [-0.05, 0) is 24.6 Å². The van der Waals surface area contributed by atoms with Crippen LogP contribution < -0.4 is 9.62 Å². The van der Waals surface area contributed by atoms with Crippen LogP contribution in [0.3, 0.4) is 0 Å². The predicted octanol–water partition coefficient (Wildman–Crippen LogP) is 2.26. The molecule has 0 saturated carbocycles. The molecule has 0 fully saturated rings. The van der Waals surface area contributed by atoms with E-state index in [4.69, 9.17) is 0 Å². The summed E-state index contributed by atoms with van der Waals surface area (Å²) in [5.41, 5.74) is 1.95. The van der Waals surface area contributed by atoms with Crippen LogP contribution in [0.2, 0.25) is 0 Å². The van der Waals surface area contributed by atoms with Crippen LogP contribution in [0.15, 0.2) is 48.5 Å². The molecule has 134 valence electrons. The number of carbonyl (C=O) groups is 1. The molecule has 1 amide bonds. The number of benzene rings is 2. The van der Waals surface area contributed by atoms with Gasteiger partial charge in [0.1, 0.15) is 5.82 Å². The monoisotopic (exact) mass is 364 g/mol. The average molecular weight is 364 g/mol. The van der Waals surface area contributed by atoms with Gasteiger partial charge in [-0.15, -0.1) is 0 Å². The van der Waals surface area contributed by atoms with Gasteiger partial charge < -0.3 is 5.32 Å². The largest absolute Gasteiger partial charge is 0.354 e. The summed E-state index contributed by atoms with van der Waals surface area (Å²) in [5.74, 6) is -0.843. The molecule has 0 unspecified atom stereocenters. The lowest BCUT2D eigenvalue weighted by molar-refractivity contribution is -0.120. The van der Waals surface area contributed by atoms with Crippen LogP contribution in [0.25, 0.3) is 0 Å². The van der Waals surface area contributed by atoms with Crippen molar-refractivity contribution in [3.63, 3.8) is 0 Å². The van der Waals surface area contributed by atoms with Crippen molar-refractivity contribution < 1.29 is 17.6 Å². The first-order chi connectivity index (χ1) is 11.8. The van der Waals surface area contributed by atoms with Crippen LogP contribution in [0.5, 0.6) is 0 Å². The highest BCUT2D eigenvalue weighted by Gasteiger charge is 2.20. The standard InChI is InChI=1S/C18H21FN2O3S/c1-14-7-9-15(10-8-14)13-18(22)20-11-12-21(25(2,23)24)17-6-4-3-5-16(17)19/h3-10H,11-13H2,1-2H3,(H,20,22). The Balaban J connectivity index is 1.96. The first-order valence-corrected chi connectivity index (χ1v) is 9.66. The summed E-state index contributed by atoms with van der Waals surface area (Å²) in [7, 11) is -3.66. The Morgan fingerprint density at radius 1 is 1.12 bits per heavy atom. The first-order valence-electron chi connectivity index (χ1n) is 7.82. The van der Waals surface area contributed by atoms with E-state index in [0.717, 1.165) is 21.7 Å². The fraction of sp³-hybridized carbons (Fsp3) is 0.278. The maximum Gasteiger partial charge on any atom is 0.232 e. The second kappa shape index (κ2) is 8.11. The number of nitrogens with zero attached hydrogens (tertiary/aromatic N) is 1. The zero-order valence-corrected chi connectivity index (χ0v) is 15.0. The third-order valence-corrected chi connectivity index (χ3v) is 4.82. The molecule has 0 radical (unpaired) electrons. The molecular weight excluding hydrogens is 343 g/mol. The van der Waals surface area contributed by atoms with Gasteiger partial charge in [0, 0.05) is 6.54 Å². The van der Waals surface area contributed by atoms with Crippen molar-refractivity contribution in [1.29, 1.82) is 0 Å². The molecule has 0 aliphatic rings. The fourth-order valence-electron chi connectivity index (χ4n) is 2.37. The fourth-order valence-corrected chi connectivity index (χ4v) is 3.30. The van der Waals surface area contributed by atoms with Crippen molar-refractivity contribution in [1.82, 2.24) is 5.32 Å². The third kappa shape index (κ3) is 5.56. The Bertz CT molecular complexity index is 836. The number of anilines is 1. The van der Waals surface area contributed by atoms with E-state index in [2.05, 4.69) is 5.32 Å². The number of para-hydroxylation sites is 1. The van der Waals surface area contributed by atoms with Crippen LogP contribution >= 0.6 is 0 Å². The van der Waals surface area contributed by atoms with Gasteiger partial charge in [0.15, 0.2) is 0 Å².